The largest absolute Gasteiger partial charge is 0.497 e. The van der Waals surface area contributed by atoms with Gasteiger partial charge in [-0.3, -0.25) is 9.10 Å². The van der Waals surface area contributed by atoms with Crippen LogP contribution in [0.4, 0.5) is 10.1 Å². The van der Waals surface area contributed by atoms with E-state index in [4.69, 9.17) is 9.47 Å². The molecule has 7 nitrogen and oxygen atoms in total. The number of sulfonamides is 1. The predicted molar refractivity (Wildman–Crippen MR) is 124 cm³/mol. The van der Waals surface area contributed by atoms with Crippen molar-refractivity contribution in [1.82, 2.24) is 5.32 Å². The molecule has 3 aromatic carbocycles. The van der Waals surface area contributed by atoms with Crippen molar-refractivity contribution in [2.75, 3.05) is 24.2 Å². The number of amides is 1. The fraction of sp³-hybridized carbons (Fsp3) is 0.208. The Morgan fingerprint density at radius 1 is 0.909 bits per heavy atom. The van der Waals surface area contributed by atoms with Gasteiger partial charge in [-0.15, -0.1) is 0 Å². The number of hydrogen-bond donors (Lipinski definition) is 1. The van der Waals surface area contributed by atoms with Gasteiger partial charge in [0.25, 0.3) is 0 Å². The molecular weight excluding hydrogens is 447 g/mol. The number of methoxy groups -OCH3 is 1. The number of nitrogens with one attached hydrogen (secondary N) is 1. The zero-order chi connectivity index (χ0) is 23.8. The average molecular weight is 473 g/mol. The van der Waals surface area contributed by atoms with E-state index in [1.165, 1.54) is 19.2 Å². The first-order valence-corrected chi connectivity index (χ1v) is 11.9. The van der Waals surface area contributed by atoms with Gasteiger partial charge < -0.3 is 14.8 Å². The molecule has 1 N–H and O–H groups in total. The van der Waals surface area contributed by atoms with Gasteiger partial charge in [0, 0.05) is 6.54 Å². The second kappa shape index (κ2) is 10.8. The molecule has 0 atom stereocenters. The minimum absolute atomic E-state index is 0.233. The van der Waals surface area contributed by atoms with E-state index >= 15 is 0 Å². The maximum absolute atomic E-state index is 13.0. The molecule has 0 aromatic heterocycles. The Bertz CT molecular complexity index is 1160. The van der Waals surface area contributed by atoms with Crippen LogP contribution in [0, 0.1) is 5.82 Å². The molecule has 0 aliphatic heterocycles. The third-order valence-electron chi connectivity index (χ3n) is 4.78. The summed E-state index contributed by atoms with van der Waals surface area (Å²) in [4.78, 5) is 12.4. The molecule has 3 aromatic rings. The van der Waals surface area contributed by atoms with Gasteiger partial charge >= 0.3 is 0 Å². The topological polar surface area (TPSA) is 84.9 Å². The van der Waals surface area contributed by atoms with Gasteiger partial charge in [-0.2, -0.15) is 0 Å². The van der Waals surface area contributed by atoms with Crippen molar-refractivity contribution in [3.8, 4) is 11.5 Å². The van der Waals surface area contributed by atoms with E-state index in [1.807, 2.05) is 0 Å². The quantitative estimate of drug-likeness (QED) is 0.488. The summed E-state index contributed by atoms with van der Waals surface area (Å²) in [6.07, 6.45) is 1.05. The third kappa shape index (κ3) is 7.21. The van der Waals surface area contributed by atoms with Crippen LogP contribution in [0.2, 0.25) is 0 Å². The molecule has 0 aliphatic carbocycles. The summed E-state index contributed by atoms with van der Waals surface area (Å²) in [5.74, 6) is 0.487. The van der Waals surface area contributed by atoms with E-state index < -0.39 is 15.9 Å². The number of carbonyl (C=O) groups is 1. The van der Waals surface area contributed by atoms with Crippen LogP contribution in [0.25, 0.3) is 0 Å². The number of anilines is 1. The molecule has 0 heterocycles. The summed E-state index contributed by atoms with van der Waals surface area (Å²) in [5, 5.41) is 2.73. The second-order valence-electron chi connectivity index (χ2n) is 7.30. The molecule has 0 radical (unpaired) electrons. The van der Waals surface area contributed by atoms with E-state index in [0.717, 1.165) is 21.7 Å². The lowest BCUT2D eigenvalue weighted by Gasteiger charge is -2.22. The van der Waals surface area contributed by atoms with Crippen LogP contribution in [-0.4, -0.2) is 34.2 Å². The Kier molecular flexibility index (Phi) is 7.89. The molecule has 0 bridgehead atoms. The Morgan fingerprint density at radius 2 is 1.48 bits per heavy atom. The second-order valence-corrected chi connectivity index (χ2v) is 9.21. The number of carbonyl (C=O) groups excluding carboxylic acids is 1. The summed E-state index contributed by atoms with van der Waals surface area (Å²) in [7, 11) is -2.14. The normalized spacial score (nSPS) is 11.0. The zero-order valence-corrected chi connectivity index (χ0v) is 19.1. The van der Waals surface area contributed by atoms with Gasteiger partial charge in [-0.25, -0.2) is 12.8 Å². The Balaban J connectivity index is 1.53. The first-order valence-electron chi connectivity index (χ1n) is 10.1. The first kappa shape index (κ1) is 24.1. The lowest BCUT2D eigenvalue weighted by molar-refractivity contribution is -0.119. The molecule has 0 aliphatic rings. The SMILES string of the molecule is COc1ccc(N(CC(=O)NCc2ccc(OCc3ccc(F)cc3)cc2)S(C)(=O)=O)cc1. The molecule has 0 saturated carbocycles. The van der Waals surface area contributed by atoms with Gasteiger partial charge in [0.05, 0.1) is 19.1 Å². The van der Waals surface area contributed by atoms with E-state index in [2.05, 4.69) is 5.32 Å². The van der Waals surface area contributed by atoms with Crippen LogP contribution in [-0.2, 0) is 28.0 Å². The van der Waals surface area contributed by atoms with Crippen LogP contribution < -0.4 is 19.1 Å². The molecule has 0 saturated heterocycles. The summed E-state index contributed by atoms with van der Waals surface area (Å²) in [6, 6.07) is 19.6. The molecule has 0 fully saturated rings. The third-order valence-corrected chi connectivity index (χ3v) is 5.92. The number of benzene rings is 3. The van der Waals surface area contributed by atoms with Crippen molar-refractivity contribution in [2.45, 2.75) is 13.2 Å². The summed E-state index contributed by atoms with van der Waals surface area (Å²) in [6.45, 7) is 0.199. The van der Waals surface area contributed by atoms with Crippen molar-refractivity contribution in [1.29, 1.82) is 0 Å². The summed E-state index contributed by atoms with van der Waals surface area (Å²) in [5.41, 5.74) is 2.05. The van der Waals surface area contributed by atoms with E-state index in [0.29, 0.717) is 23.8 Å². The monoisotopic (exact) mass is 472 g/mol. The molecule has 3 rings (SSSR count). The zero-order valence-electron chi connectivity index (χ0n) is 18.3. The maximum Gasteiger partial charge on any atom is 0.241 e. The molecule has 1 amide bonds. The van der Waals surface area contributed by atoms with E-state index in [1.54, 1.807) is 60.7 Å². The van der Waals surface area contributed by atoms with Gasteiger partial charge in [0.15, 0.2) is 0 Å². The Labute approximate surface area is 192 Å². The summed E-state index contributed by atoms with van der Waals surface area (Å²) < 4.78 is 49.1. The highest BCUT2D eigenvalue weighted by atomic mass is 32.2. The standard InChI is InChI=1S/C24H25FN2O5S/c1-31-22-13-9-21(10-14-22)27(33(2,29)30)16-24(28)26-15-18-5-11-23(12-6-18)32-17-19-3-7-20(25)8-4-19/h3-14H,15-17H2,1-2H3,(H,26,28). The molecule has 9 heteroatoms. The van der Waals surface area contributed by atoms with E-state index in [-0.39, 0.29) is 18.9 Å². The van der Waals surface area contributed by atoms with Gasteiger partial charge in [-0.05, 0) is 59.7 Å². The first-order chi connectivity index (χ1) is 15.7. The van der Waals surface area contributed by atoms with Crippen LogP contribution >= 0.6 is 0 Å². The van der Waals surface area contributed by atoms with Crippen LogP contribution in [0.5, 0.6) is 11.5 Å². The van der Waals surface area contributed by atoms with E-state index in [9.17, 15) is 17.6 Å². The van der Waals surface area contributed by atoms with Crippen molar-refractivity contribution in [3.63, 3.8) is 0 Å². The molecule has 33 heavy (non-hydrogen) atoms. The minimum atomic E-state index is -3.66. The number of nitrogens with zero attached hydrogens (tertiary/aromatic N) is 1. The van der Waals surface area contributed by atoms with Crippen molar-refractivity contribution in [3.05, 3.63) is 89.7 Å². The lowest BCUT2D eigenvalue weighted by atomic mass is 10.2. The minimum Gasteiger partial charge on any atom is -0.497 e. The Morgan fingerprint density at radius 3 is 2.06 bits per heavy atom. The molecular formula is C24H25FN2O5S. The molecule has 174 valence electrons. The van der Waals surface area contributed by atoms with Gasteiger partial charge in [-0.1, -0.05) is 24.3 Å². The highest BCUT2D eigenvalue weighted by Crippen LogP contribution is 2.21. The van der Waals surface area contributed by atoms with Gasteiger partial charge in [0.2, 0.25) is 15.9 Å². The van der Waals surface area contributed by atoms with Crippen molar-refractivity contribution in [2.24, 2.45) is 0 Å². The number of rotatable bonds is 10. The van der Waals surface area contributed by atoms with Gasteiger partial charge in [0.1, 0.15) is 30.5 Å². The maximum atomic E-state index is 13.0. The number of halogens is 1. The van der Waals surface area contributed by atoms with Crippen LogP contribution in [0.3, 0.4) is 0 Å². The lowest BCUT2D eigenvalue weighted by Crippen LogP contribution is -2.40. The fourth-order valence-electron chi connectivity index (χ4n) is 2.99. The van der Waals surface area contributed by atoms with Crippen molar-refractivity contribution < 1.29 is 27.1 Å². The number of hydrogen-bond acceptors (Lipinski definition) is 5. The Hall–Kier alpha value is -3.59. The van der Waals surface area contributed by atoms with Crippen LogP contribution in [0.15, 0.2) is 72.8 Å². The molecule has 0 spiro atoms. The highest BCUT2D eigenvalue weighted by Gasteiger charge is 2.20. The predicted octanol–water partition coefficient (Wildman–Crippen LogP) is 3.50. The molecule has 0 unspecified atom stereocenters. The fourth-order valence-corrected chi connectivity index (χ4v) is 3.84. The smallest absolute Gasteiger partial charge is 0.241 e. The van der Waals surface area contributed by atoms with Crippen molar-refractivity contribution >= 4 is 21.6 Å². The number of ether oxygens (including phenoxy) is 2. The summed E-state index contributed by atoms with van der Waals surface area (Å²) >= 11 is 0. The van der Waals surface area contributed by atoms with Crippen LogP contribution in [0.1, 0.15) is 11.1 Å². The average Bonchev–Trinajstić information content (AvgIpc) is 2.81. The highest BCUT2D eigenvalue weighted by molar-refractivity contribution is 7.92.